The summed E-state index contributed by atoms with van der Waals surface area (Å²) in [6.07, 6.45) is 0. The second-order valence-electron chi connectivity index (χ2n) is 3.98. The van der Waals surface area contributed by atoms with Crippen molar-refractivity contribution in [2.45, 2.75) is 0 Å². The predicted molar refractivity (Wildman–Crippen MR) is 74.8 cm³/mol. The van der Waals surface area contributed by atoms with Gasteiger partial charge in [-0.25, -0.2) is 0 Å². The van der Waals surface area contributed by atoms with E-state index in [1.807, 2.05) is 43.4 Å². The topological polar surface area (TPSA) is 41.1 Å². The summed E-state index contributed by atoms with van der Waals surface area (Å²) in [6, 6.07) is 15.8. The Morgan fingerprint density at radius 2 is 1.33 bits per heavy atom. The van der Waals surface area contributed by atoms with E-state index in [-0.39, 0.29) is 5.91 Å². The first kappa shape index (κ1) is 12.2. The van der Waals surface area contributed by atoms with Gasteiger partial charge >= 0.3 is 0 Å². The third kappa shape index (κ3) is 2.51. The third-order valence-corrected chi connectivity index (χ3v) is 2.88. The summed E-state index contributed by atoms with van der Waals surface area (Å²) in [6.45, 7) is 0. The van der Waals surface area contributed by atoms with Gasteiger partial charge in [-0.3, -0.25) is 4.79 Å². The van der Waals surface area contributed by atoms with E-state index in [0.717, 1.165) is 16.8 Å². The number of nitrogens with one attached hydrogen (secondary N) is 2. The van der Waals surface area contributed by atoms with Gasteiger partial charge in [0, 0.05) is 25.3 Å². The summed E-state index contributed by atoms with van der Waals surface area (Å²) in [5.41, 5.74) is 4.00. The predicted octanol–water partition coefficient (Wildman–Crippen LogP) is 2.75. The summed E-state index contributed by atoms with van der Waals surface area (Å²) in [5.74, 6) is -0.0629. The molecule has 0 radical (unpaired) electrons. The second-order valence-corrected chi connectivity index (χ2v) is 3.98. The molecule has 2 rings (SSSR count). The molecule has 0 bridgehead atoms. The van der Waals surface area contributed by atoms with Gasteiger partial charge in [-0.1, -0.05) is 24.3 Å². The van der Waals surface area contributed by atoms with Crippen LogP contribution in [0.15, 0.2) is 48.5 Å². The third-order valence-electron chi connectivity index (χ3n) is 2.88. The number of hydrogen-bond donors (Lipinski definition) is 2. The average molecular weight is 240 g/mol. The molecular formula is C15H16N2O. The molecule has 0 heterocycles. The summed E-state index contributed by atoms with van der Waals surface area (Å²) in [7, 11) is 3.53. The highest BCUT2D eigenvalue weighted by atomic mass is 16.1. The van der Waals surface area contributed by atoms with Gasteiger partial charge in [0.1, 0.15) is 0 Å². The summed E-state index contributed by atoms with van der Waals surface area (Å²) in [5, 5.41) is 5.69. The van der Waals surface area contributed by atoms with Crippen LogP contribution in [-0.4, -0.2) is 20.0 Å². The zero-order chi connectivity index (χ0) is 13.0. The zero-order valence-electron chi connectivity index (χ0n) is 10.5. The maximum Gasteiger partial charge on any atom is 0.251 e. The lowest BCUT2D eigenvalue weighted by Gasteiger charge is -2.05. The molecule has 0 spiro atoms. The van der Waals surface area contributed by atoms with Crippen molar-refractivity contribution < 1.29 is 4.79 Å². The number of benzene rings is 2. The molecule has 0 saturated heterocycles. The number of hydrogen-bond acceptors (Lipinski definition) is 2. The summed E-state index contributed by atoms with van der Waals surface area (Å²) >= 11 is 0. The molecule has 92 valence electrons. The van der Waals surface area contributed by atoms with Crippen LogP contribution in [-0.2, 0) is 0 Å². The molecule has 0 fully saturated rings. The summed E-state index contributed by atoms with van der Waals surface area (Å²) in [4.78, 5) is 11.4. The molecule has 0 aliphatic heterocycles. The molecule has 0 aromatic heterocycles. The monoisotopic (exact) mass is 240 g/mol. The van der Waals surface area contributed by atoms with E-state index in [2.05, 4.69) is 22.8 Å². The van der Waals surface area contributed by atoms with E-state index in [1.165, 1.54) is 0 Å². The van der Waals surface area contributed by atoms with Crippen molar-refractivity contribution in [3.63, 3.8) is 0 Å². The van der Waals surface area contributed by atoms with E-state index in [4.69, 9.17) is 0 Å². The lowest BCUT2D eigenvalue weighted by Crippen LogP contribution is -2.17. The molecule has 2 aromatic carbocycles. The Morgan fingerprint density at radius 3 is 1.78 bits per heavy atom. The van der Waals surface area contributed by atoms with Gasteiger partial charge in [0.2, 0.25) is 0 Å². The van der Waals surface area contributed by atoms with Crippen LogP contribution in [0.4, 0.5) is 5.69 Å². The van der Waals surface area contributed by atoms with Crippen LogP contribution in [0.25, 0.3) is 11.1 Å². The average Bonchev–Trinajstić information content (AvgIpc) is 2.47. The van der Waals surface area contributed by atoms with Crippen molar-refractivity contribution in [2.75, 3.05) is 19.4 Å². The Labute approximate surface area is 107 Å². The SMILES string of the molecule is CNC(=O)c1ccc(-c2ccc(NC)cc2)cc1. The van der Waals surface area contributed by atoms with Crippen LogP contribution in [0.2, 0.25) is 0 Å². The first-order valence-corrected chi connectivity index (χ1v) is 5.85. The summed E-state index contributed by atoms with van der Waals surface area (Å²) < 4.78 is 0. The number of amides is 1. The largest absolute Gasteiger partial charge is 0.388 e. The van der Waals surface area contributed by atoms with Crippen LogP contribution in [0, 0.1) is 0 Å². The van der Waals surface area contributed by atoms with Crippen molar-refractivity contribution in [2.24, 2.45) is 0 Å². The highest BCUT2D eigenvalue weighted by molar-refractivity contribution is 5.94. The van der Waals surface area contributed by atoms with Gasteiger partial charge in [-0.15, -0.1) is 0 Å². The minimum absolute atomic E-state index is 0.0629. The van der Waals surface area contributed by atoms with E-state index in [1.54, 1.807) is 7.05 Å². The lowest BCUT2D eigenvalue weighted by molar-refractivity contribution is 0.0963. The highest BCUT2D eigenvalue weighted by Crippen LogP contribution is 2.21. The van der Waals surface area contributed by atoms with E-state index < -0.39 is 0 Å². The number of carbonyl (C=O) groups excluding carboxylic acids is 1. The molecule has 0 aliphatic rings. The van der Waals surface area contributed by atoms with E-state index in [0.29, 0.717) is 5.56 Å². The lowest BCUT2D eigenvalue weighted by atomic mass is 10.0. The molecule has 2 aromatic rings. The van der Waals surface area contributed by atoms with E-state index >= 15 is 0 Å². The van der Waals surface area contributed by atoms with Gasteiger partial charge < -0.3 is 10.6 Å². The Bertz CT molecular complexity index is 529. The Morgan fingerprint density at radius 1 is 0.833 bits per heavy atom. The van der Waals surface area contributed by atoms with Crippen LogP contribution in [0.3, 0.4) is 0 Å². The molecule has 2 N–H and O–H groups in total. The van der Waals surface area contributed by atoms with Gasteiger partial charge in [-0.05, 0) is 35.4 Å². The van der Waals surface area contributed by atoms with Crippen LogP contribution >= 0.6 is 0 Å². The molecular weight excluding hydrogens is 224 g/mol. The maximum absolute atomic E-state index is 11.4. The van der Waals surface area contributed by atoms with Gasteiger partial charge in [0.15, 0.2) is 0 Å². The van der Waals surface area contributed by atoms with Crippen molar-refractivity contribution in [3.05, 3.63) is 54.1 Å². The molecule has 1 amide bonds. The Hall–Kier alpha value is -2.29. The van der Waals surface area contributed by atoms with Crippen molar-refractivity contribution in [1.29, 1.82) is 0 Å². The highest BCUT2D eigenvalue weighted by Gasteiger charge is 2.03. The fourth-order valence-corrected chi connectivity index (χ4v) is 1.79. The molecule has 0 aliphatic carbocycles. The van der Waals surface area contributed by atoms with Gasteiger partial charge in [0.25, 0.3) is 5.91 Å². The zero-order valence-corrected chi connectivity index (χ0v) is 10.5. The number of rotatable bonds is 3. The van der Waals surface area contributed by atoms with Crippen LogP contribution in [0.1, 0.15) is 10.4 Å². The molecule has 3 heteroatoms. The first-order valence-electron chi connectivity index (χ1n) is 5.85. The van der Waals surface area contributed by atoms with Crippen LogP contribution in [0.5, 0.6) is 0 Å². The van der Waals surface area contributed by atoms with Crippen molar-refractivity contribution >= 4 is 11.6 Å². The Kier molecular flexibility index (Phi) is 3.63. The van der Waals surface area contributed by atoms with E-state index in [9.17, 15) is 4.79 Å². The first-order chi connectivity index (χ1) is 8.74. The van der Waals surface area contributed by atoms with Gasteiger partial charge in [-0.2, -0.15) is 0 Å². The quantitative estimate of drug-likeness (QED) is 0.866. The smallest absolute Gasteiger partial charge is 0.251 e. The molecule has 18 heavy (non-hydrogen) atoms. The van der Waals surface area contributed by atoms with Gasteiger partial charge in [0.05, 0.1) is 0 Å². The standard InChI is InChI=1S/C15H16N2O/c1-16-14-9-7-12(8-10-14)11-3-5-13(6-4-11)15(18)17-2/h3-10,16H,1-2H3,(H,17,18). The van der Waals surface area contributed by atoms with Crippen molar-refractivity contribution in [1.82, 2.24) is 5.32 Å². The molecule has 0 saturated carbocycles. The fraction of sp³-hybridized carbons (Fsp3) is 0.133. The minimum atomic E-state index is -0.0629. The number of carbonyl (C=O) groups is 1. The van der Waals surface area contributed by atoms with Crippen LogP contribution < -0.4 is 10.6 Å². The molecule has 3 nitrogen and oxygen atoms in total. The maximum atomic E-state index is 11.4. The normalized spacial score (nSPS) is 9.89. The van der Waals surface area contributed by atoms with Crippen molar-refractivity contribution in [3.8, 4) is 11.1 Å². The fourth-order valence-electron chi connectivity index (χ4n) is 1.79. The minimum Gasteiger partial charge on any atom is -0.388 e. The second kappa shape index (κ2) is 5.36. The molecule has 0 unspecified atom stereocenters. The Balaban J connectivity index is 2.25. The number of anilines is 1. The molecule has 0 atom stereocenters.